The Labute approximate surface area is 109 Å². The van der Waals surface area contributed by atoms with Crippen LogP contribution < -0.4 is 0 Å². The number of aliphatic hydroxyl groups excluding tert-OH is 1. The zero-order valence-electron chi connectivity index (χ0n) is 10.7. The molecule has 1 amide bonds. The predicted molar refractivity (Wildman–Crippen MR) is 63.8 cm³/mol. The lowest BCUT2D eigenvalue weighted by atomic mass is 10.3. The number of nitrogens with zero attached hydrogens (tertiary/aromatic N) is 2. The van der Waals surface area contributed by atoms with Crippen molar-refractivity contribution in [2.45, 2.75) is 26.1 Å². The maximum atomic E-state index is 12.4. The number of aliphatic hydroxyl groups is 1. The molecule has 1 aromatic rings. The highest BCUT2D eigenvalue weighted by molar-refractivity contribution is 5.92. The third-order valence-electron chi connectivity index (χ3n) is 2.65. The van der Waals surface area contributed by atoms with E-state index in [0.29, 0.717) is 19.5 Å². The molecule has 4 nitrogen and oxygen atoms in total. The summed E-state index contributed by atoms with van der Waals surface area (Å²) in [4.78, 5) is 13.5. The maximum Gasteiger partial charge on any atom is 0.406 e. The van der Waals surface area contributed by atoms with Crippen molar-refractivity contribution in [2.75, 3.05) is 19.7 Å². The van der Waals surface area contributed by atoms with Crippen LogP contribution in [-0.4, -0.2) is 46.4 Å². The first-order valence-corrected chi connectivity index (χ1v) is 6.01. The first-order valence-electron chi connectivity index (χ1n) is 6.01. The van der Waals surface area contributed by atoms with Gasteiger partial charge < -0.3 is 14.6 Å². The van der Waals surface area contributed by atoms with Gasteiger partial charge in [0.2, 0.25) is 0 Å². The van der Waals surface area contributed by atoms with E-state index >= 15 is 0 Å². The van der Waals surface area contributed by atoms with Crippen molar-refractivity contribution >= 4 is 5.91 Å². The summed E-state index contributed by atoms with van der Waals surface area (Å²) in [5.41, 5.74) is 0.0112. The largest absolute Gasteiger partial charge is 0.406 e. The average molecular weight is 278 g/mol. The molecule has 0 radical (unpaired) electrons. The molecule has 0 aliphatic rings. The van der Waals surface area contributed by atoms with E-state index in [1.165, 1.54) is 23.2 Å². The van der Waals surface area contributed by atoms with Gasteiger partial charge in [0.25, 0.3) is 5.91 Å². The molecule has 1 rings (SSSR count). The second-order valence-corrected chi connectivity index (χ2v) is 4.10. The van der Waals surface area contributed by atoms with Crippen molar-refractivity contribution in [1.29, 1.82) is 0 Å². The molecule has 0 bridgehead atoms. The molecule has 0 saturated carbocycles. The summed E-state index contributed by atoms with van der Waals surface area (Å²) < 4.78 is 38.0. The molecule has 0 saturated heterocycles. The number of carbonyl (C=O) groups is 1. The average Bonchev–Trinajstić information content (AvgIpc) is 2.75. The number of hydrogen-bond acceptors (Lipinski definition) is 2. The molecule has 0 spiro atoms. The number of hydrogen-bond donors (Lipinski definition) is 1. The van der Waals surface area contributed by atoms with Gasteiger partial charge in [-0.1, -0.05) is 0 Å². The van der Waals surface area contributed by atoms with Crippen molar-refractivity contribution in [3.63, 3.8) is 0 Å². The molecule has 0 aliphatic carbocycles. The van der Waals surface area contributed by atoms with Crippen LogP contribution in [0.5, 0.6) is 0 Å². The zero-order valence-corrected chi connectivity index (χ0v) is 10.7. The van der Waals surface area contributed by atoms with Gasteiger partial charge in [-0.25, -0.2) is 0 Å². The Balaban J connectivity index is 2.84. The lowest BCUT2D eigenvalue weighted by Gasteiger charge is -2.21. The van der Waals surface area contributed by atoms with Crippen molar-refractivity contribution in [3.8, 4) is 0 Å². The van der Waals surface area contributed by atoms with Gasteiger partial charge in [0.15, 0.2) is 0 Å². The van der Waals surface area contributed by atoms with E-state index in [-0.39, 0.29) is 12.3 Å². The normalized spacial score (nSPS) is 11.6. The Bertz CT molecular complexity index is 415. The highest BCUT2D eigenvalue weighted by atomic mass is 19.4. The van der Waals surface area contributed by atoms with Crippen molar-refractivity contribution < 1.29 is 23.1 Å². The van der Waals surface area contributed by atoms with Gasteiger partial charge in [0.05, 0.1) is 0 Å². The third-order valence-corrected chi connectivity index (χ3v) is 2.65. The summed E-state index contributed by atoms with van der Waals surface area (Å²) in [6.45, 7) is 1.21. The van der Waals surface area contributed by atoms with Gasteiger partial charge in [-0.2, -0.15) is 13.2 Å². The van der Waals surface area contributed by atoms with Crippen LogP contribution in [0, 0.1) is 0 Å². The number of halogens is 3. The van der Waals surface area contributed by atoms with Gasteiger partial charge >= 0.3 is 6.18 Å². The molecule has 108 valence electrons. The lowest BCUT2D eigenvalue weighted by Crippen LogP contribution is -2.34. The Kier molecular flexibility index (Phi) is 5.41. The van der Waals surface area contributed by atoms with E-state index in [1.54, 1.807) is 6.92 Å². The van der Waals surface area contributed by atoms with Gasteiger partial charge in [0, 0.05) is 25.9 Å². The Morgan fingerprint density at radius 1 is 1.47 bits per heavy atom. The van der Waals surface area contributed by atoms with Crippen molar-refractivity contribution in [1.82, 2.24) is 9.47 Å². The number of amides is 1. The molecule has 0 fully saturated rings. The fraction of sp³-hybridized carbons (Fsp3) is 0.583. The minimum absolute atomic E-state index is 0.0112. The smallest absolute Gasteiger partial charge is 0.396 e. The number of alkyl halides is 3. The molecule has 0 aliphatic heterocycles. The molecule has 0 unspecified atom stereocenters. The second kappa shape index (κ2) is 6.60. The first kappa shape index (κ1) is 15.6. The van der Waals surface area contributed by atoms with E-state index in [9.17, 15) is 18.0 Å². The molecular formula is C12H17F3N2O2. The number of aromatic nitrogens is 1. The molecule has 0 aromatic carbocycles. The summed E-state index contributed by atoms with van der Waals surface area (Å²) in [5.74, 6) is -0.454. The lowest BCUT2D eigenvalue weighted by molar-refractivity contribution is -0.140. The molecule has 19 heavy (non-hydrogen) atoms. The van der Waals surface area contributed by atoms with Crippen LogP contribution in [0.2, 0.25) is 0 Å². The van der Waals surface area contributed by atoms with E-state index in [0.717, 1.165) is 4.57 Å². The maximum absolute atomic E-state index is 12.4. The summed E-state index contributed by atoms with van der Waals surface area (Å²) in [7, 11) is 0. The fourth-order valence-corrected chi connectivity index (χ4v) is 1.77. The molecule has 7 heteroatoms. The van der Waals surface area contributed by atoms with Crippen molar-refractivity contribution in [3.05, 3.63) is 24.0 Å². The highest BCUT2D eigenvalue weighted by Gasteiger charge is 2.30. The predicted octanol–water partition coefficient (Wildman–Crippen LogP) is 1.89. The van der Waals surface area contributed by atoms with Crippen LogP contribution in [0.3, 0.4) is 0 Å². The fourth-order valence-electron chi connectivity index (χ4n) is 1.77. The Hall–Kier alpha value is -1.50. The van der Waals surface area contributed by atoms with Crippen LogP contribution in [0.15, 0.2) is 18.3 Å². The van der Waals surface area contributed by atoms with E-state index in [4.69, 9.17) is 5.11 Å². The summed E-state index contributed by atoms with van der Waals surface area (Å²) in [6.07, 6.45) is -2.73. The zero-order chi connectivity index (χ0) is 14.5. The first-order chi connectivity index (χ1) is 8.89. The van der Waals surface area contributed by atoms with Gasteiger partial charge in [-0.3, -0.25) is 4.79 Å². The number of carbonyl (C=O) groups excluding carboxylic acids is 1. The summed E-state index contributed by atoms with van der Waals surface area (Å²) in [5, 5.41) is 8.74. The monoisotopic (exact) mass is 278 g/mol. The topological polar surface area (TPSA) is 45.5 Å². The molecule has 1 aromatic heterocycles. The van der Waals surface area contributed by atoms with Crippen LogP contribution in [0.4, 0.5) is 13.2 Å². The number of rotatable bonds is 6. The minimum Gasteiger partial charge on any atom is -0.396 e. The third kappa shape index (κ3) is 4.59. The van der Waals surface area contributed by atoms with Crippen molar-refractivity contribution in [2.24, 2.45) is 0 Å². The van der Waals surface area contributed by atoms with Gasteiger partial charge in [0.1, 0.15) is 12.2 Å². The van der Waals surface area contributed by atoms with E-state index in [2.05, 4.69) is 0 Å². The van der Waals surface area contributed by atoms with Crippen LogP contribution in [-0.2, 0) is 6.54 Å². The minimum atomic E-state index is -4.36. The standard InChI is InChI=1S/C12H17F3N2O2/c1-2-16(7-4-8-18)11(19)10-5-3-6-17(10)9-12(13,14)15/h3,5-6,18H,2,4,7-9H2,1H3. The SMILES string of the molecule is CCN(CCCO)C(=O)c1cccn1CC(F)(F)F. The van der Waals surface area contributed by atoms with Crippen LogP contribution >= 0.6 is 0 Å². The Morgan fingerprint density at radius 2 is 2.16 bits per heavy atom. The van der Waals surface area contributed by atoms with Crippen LogP contribution in [0.25, 0.3) is 0 Å². The highest BCUT2D eigenvalue weighted by Crippen LogP contribution is 2.19. The molecule has 0 atom stereocenters. The van der Waals surface area contributed by atoms with Gasteiger partial charge in [-0.05, 0) is 25.5 Å². The van der Waals surface area contributed by atoms with E-state index in [1.807, 2.05) is 0 Å². The van der Waals surface area contributed by atoms with Crippen LogP contribution in [0.1, 0.15) is 23.8 Å². The summed E-state index contributed by atoms with van der Waals surface area (Å²) >= 11 is 0. The Morgan fingerprint density at radius 3 is 2.68 bits per heavy atom. The molecule has 1 heterocycles. The van der Waals surface area contributed by atoms with Gasteiger partial charge in [-0.15, -0.1) is 0 Å². The van der Waals surface area contributed by atoms with E-state index < -0.39 is 18.6 Å². The quantitative estimate of drug-likeness (QED) is 0.863. The molecule has 1 N–H and O–H groups in total. The summed E-state index contributed by atoms with van der Waals surface area (Å²) in [6, 6.07) is 2.79. The molecular weight excluding hydrogens is 261 g/mol. The second-order valence-electron chi connectivity index (χ2n) is 4.10.